The van der Waals surface area contributed by atoms with Gasteiger partial charge in [-0.3, -0.25) is 9.59 Å². The summed E-state index contributed by atoms with van der Waals surface area (Å²) in [5, 5.41) is 27.6. The van der Waals surface area contributed by atoms with Crippen LogP contribution in [0.25, 0.3) is 0 Å². The van der Waals surface area contributed by atoms with E-state index in [1.165, 1.54) is 12.1 Å². The molecule has 1 aliphatic heterocycles. The van der Waals surface area contributed by atoms with Crippen LogP contribution in [0.5, 0.6) is 11.5 Å². The topological polar surface area (TPSA) is 105 Å². The first-order chi connectivity index (χ1) is 15.8. The smallest absolute Gasteiger partial charge is 0.177 e. The summed E-state index contributed by atoms with van der Waals surface area (Å²) in [7, 11) is 3.92. The van der Waals surface area contributed by atoms with E-state index in [2.05, 4.69) is 15.5 Å². The highest BCUT2D eigenvalue weighted by atomic mass is 35.5. The van der Waals surface area contributed by atoms with Gasteiger partial charge in [-0.15, -0.1) is 11.6 Å². The number of hydrogen-bond donors (Lipinski definition) is 4. The Hall–Kier alpha value is -2.55. The van der Waals surface area contributed by atoms with Gasteiger partial charge in [0.25, 0.3) is 0 Å². The van der Waals surface area contributed by atoms with Gasteiger partial charge in [-0.2, -0.15) is 0 Å². The number of carbonyl (C=O) groups excluding carboxylic acids is 2. The van der Waals surface area contributed by atoms with Gasteiger partial charge in [0.15, 0.2) is 11.6 Å². The molecule has 0 radical (unpaired) electrons. The normalized spacial score (nSPS) is 24.9. The Bertz CT molecular complexity index is 1010. The molecular formula is C24H31ClN4O4. The van der Waals surface area contributed by atoms with E-state index in [9.17, 15) is 19.8 Å². The lowest BCUT2D eigenvalue weighted by Gasteiger charge is -2.37. The first kappa shape index (κ1) is 23.6. The third-order valence-electron chi connectivity index (χ3n) is 6.53. The van der Waals surface area contributed by atoms with Gasteiger partial charge < -0.3 is 30.6 Å². The van der Waals surface area contributed by atoms with Gasteiger partial charge in [0.2, 0.25) is 0 Å². The molecule has 178 valence electrons. The van der Waals surface area contributed by atoms with Crippen molar-refractivity contribution in [2.24, 2.45) is 11.8 Å². The molecule has 9 heteroatoms. The highest BCUT2D eigenvalue weighted by molar-refractivity contribution is 6.21. The number of likely N-dealkylation sites (tertiary alicyclic amines) is 1. The van der Waals surface area contributed by atoms with E-state index >= 15 is 0 Å². The van der Waals surface area contributed by atoms with Crippen LogP contribution in [0, 0.1) is 11.8 Å². The van der Waals surface area contributed by atoms with Crippen LogP contribution < -0.4 is 10.6 Å². The van der Waals surface area contributed by atoms with Crippen molar-refractivity contribution in [2.45, 2.75) is 11.8 Å². The zero-order valence-corrected chi connectivity index (χ0v) is 19.7. The van der Waals surface area contributed by atoms with Crippen LogP contribution in [-0.2, 0) is 0 Å². The molecule has 1 fully saturated rings. The zero-order valence-electron chi connectivity index (χ0n) is 19.0. The maximum Gasteiger partial charge on any atom is 0.177 e. The summed E-state index contributed by atoms with van der Waals surface area (Å²) >= 11 is 6.20. The number of aromatic hydroxyl groups is 2. The number of benzene rings is 1. The first-order valence-corrected chi connectivity index (χ1v) is 11.8. The number of fused-ring (bicyclic) bond motifs is 2. The van der Waals surface area contributed by atoms with Crippen LogP contribution in [0.15, 0.2) is 35.7 Å². The molecule has 0 spiro atoms. The second-order valence-corrected chi connectivity index (χ2v) is 9.74. The van der Waals surface area contributed by atoms with E-state index in [0.717, 1.165) is 32.6 Å². The van der Waals surface area contributed by atoms with Gasteiger partial charge in [-0.1, -0.05) is 0 Å². The van der Waals surface area contributed by atoms with E-state index in [1.807, 2.05) is 31.1 Å². The molecule has 0 aromatic heterocycles. The van der Waals surface area contributed by atoms with Gasteiger partial charge in [0.1, 0.15) is 11.5 Å². The molecule has 0 bridgehead atoms. The van der Waals surface area contributed by atoms with E-state index < -0.39 is 11.8 Å². The summed E-state index contributed by atoms with van der Waals surface area (Å²) in [6.07, 6.45) is 4.63. The Morgan fingerprint density at radius 3 is 2.03 bits per heavy atom. The monoisotopic (exact) mass is 474 g/mol. The SMILES string of the molecule is CN(C)CCNC1=CC=C(NCCN2CCC(Cl)C2)C2C(=O)c3c(O)ccc(O)c3C(=O)C12. The van der Waals surface area contributed by atoms with E-state index in [-0.39, 0.29) is 39.6 Å². The Kier molecular flexibility index (Phi) is 6.97. The fraction of sp³-hybridized carbons (Fsp3) is 0.500. The number of carbonyl (C=O) groups is 2. The summed E-state index contributed by atoms with van der Waals surface area (Å²) in [5.41, 5.74) is 1.08. The molecule has 1 aromatic carbocycles. The van der Waals surface area contributed by atoms with Crippen LogP contribution in [0.1, 0.15) is 27.1 Å². The minimum absolute atomic E-state index is 0.104. The maximum atomic E-state index is 13.6. The molecule has 1 saturated heterocycles. The van der Waals surface area contributed by atoms with Crippen LogP contribution in [-0.4, -0.2) is 90.3 Å². The number of phenols is 2. The van der Waals surface area contributed by atoms with Crippen molar-refractivity contribution in [1.82, 2.24) is 20.4 Å². The van der Waals surface area contributed by atoms with Gasteiger partial charge >= 0.3 is 0 Å². The lowest BCUT2D eigenvalue weighted by Crippen LogP contribution is -2.46. The van der Waals surface area contributed by atoms with Crippen LogP contribution in [0.2, 0.25) is 0 Å². The number of halogens is 1. The summed E-state index contributed by atoms with van der Waals surface area (Å²) in [4.78, 5) is 31.4. The molecule has 3 unspecified atom stereocenters. The molecule has 33 heavy (non-hydrogen) atoms. The number of allylic oxidation sites excluding steroid dienone is 4. The van der Waals surface area contributed by atoms with Gasteiger partial charge in [-0.05, 0) is 51.3 Å². The molecule has 3 atom stereocenters. The number of Topliss-reactive ketones (excluding diaryl/α,β-unsaturated/α-hetero) is 2. The summed E-state index contributed by atoms with van der Waals surface area (Å²) in [6, 6.07) is 2.50. The predicted octanol–water partition coefficient (Wildman–Crippen LogP) is 1.54. The molecule has 0 saturated carbocycles. The van der Waals surface area contributed by atoms with Crippen molar-refractivity contribution in [2.75, 3.05) is 53.4 Å². The zero-order chi connectivity index (χ0) is 23.7. The fourth-order valence-corrected chi connectivity index (χ4v) is 5.12. The second kappa shape index (κ2) is 9.75. The van der Waals surface area contributed by atoms with E-state index in [0.29, 0.717) is 24.5 Å². The number of hydrogen-bond acceptors (Lipinski definition) is 8. The van der Waals surface area contributed by atoms with Gasteiger partial charge in [0, 0.05) is 49.5 Å². The second-order valence-electron chi connectivity index (χ2n) is 9.13. The van der Waals surface area contributed by atoms with E-state index in [1.54, 1.807) is 0 Å². The average Bonchev–Trinajstić information content (AvgIpc) is 3.18. The standard InChI is InChI=1S/C24H31ClN4O4/c1-28(2)11-8-26-15-3-4-16(27-9-12-29-10-7-14(25)13-29)20-19(15)23(32)21-17(30)5-6-18(31)22(21)24(20)33/h3-6,14,19-20,26-27,30-31H,7-13H2,1-2H3. The summed E-state index contributed by atoms with van der Waals surface area (Å²) in [6.45, 7) is 4.53. The first-order valence-electron chi connectivity index (χ1n) is 11.3. The predicted molar refractivity (Wildman–Crippen MR) is 127 cm³/mol. The molecule has 1 aromatic rings. The van der Waals surface area contributed by atoms with Crippen LogP contribution >= 0.6 is 11.6 Å². The number of likely N-dealkylation sites (N-methyl/N-ethyl adjacent to an activating group) is 1. The number of rotatable bonds is 8. The molecule has 8 nitrogen and oxygen atoms in total. The van der Waals surface area contributed by atoms with Crippen LogP contribution in [0.3, 0.4) is 0 Å². The number of ketones is 2. The summed E-state index contributed by atoms with van der Waals surface area (Å²) < 4.78 is 0. The van der Waals surface area contributed by atoms with Crippen molar-refractivity contribution in [3.63, 3.8) is 0 Å². The van der Waals surface area contributed by atoms with Crippen molar-refractivity contribution < 1.29 is 19.8 Å². The molecule has 0 amide bonds. The fourth-order valence-electron chi connectivity index (χ4n) is 4.83. The number of alkyl halides is 1. The Labute approximate surface area is 198 Å². The maximum absolute atomic E-state index is 13.6. The van der Waals surface area contributed by atoms with Crippen LogP contribution in [0.4, 0.5) is 0 Å². The molecule has 4 N–H and O–H groups in total. The molecule has 3 aliphatic rings. The van der Waals surface area contributed by atoms with Gasteiger partial charge in [0.05, 0.1) is 23.0 Å². The average molecular weight is 475 g/mol. The molecule has 2 aliphatic carbocycles. The third-order valence-corrected chi connectivity index (χ3v) is 6.88. The highest BCUT2D eigenvalue weighted by Crippen LogP contribution is 2.44. The molecular weight excluding hydrogens is 444 g/mol. The number of nitrogens with one attached hydrogen (secondary N) is 2. The molecule has 4 rings (SSSR count). The minimum Gasteiger partial charge on any atom is -0.507 e. The molecule has 1 heterocycles. The third kappa shape index (κ3) is 4.74. The quantitative estimate of drug-likeness (QED) is 0.332. The number of nitrogens with zero attached hydrogens (tertiary/aromatic N) is 2. The van der Waals surface area contributed by atoms with Crippen molar-refractivity contribution in [3.8, 4) is 11.5 Å². The summed E-state index contributed by atoms with van der Waals surface area (Å²) in [5.74, 6) is -2.90. The van der Waals surface area contributed by atoms with Gasteiger partial charge in [-0.25, -0.2) is 0 Å². The Morgan fingerprint density at radius 1 is 1.00 bits per heavy atom. The van der Waals surface area contributed by atoms with Crippen molar-refractivity contribution in [3.05, 3.63) is 46.8 Å². The Balaban J connectivity index is 1.61. The Morgan fingerprint density at radius 2 is 1.55 bits per heavy atom. The highest BCUT2D eigenvalue weighted by Gasteiger charge is 2.48. The van der Waals surface area contributed by atoms with E-state index in [4.69, 9.17) is 11.6 Å². The number of phenolic OH excluding ortho intramolecular Hbond substituents is 2. The van der Waals surface area contributed by atoms with Crippen molar-refractivity contribution in [1.29, 1.82) is 0 Å². The van der Waals surface area contributed by atoms with Crippen molar-refractivity contribution >= 4 is 23.2 Å². The lowest BCUT2D eigenvalue weighted by atomic mass is 9.68. The minimum atomic E-state index is -0.788. The lowest BCUT2D eigenvalue weighted by molar-refractivity contribution is 0.0769. The largest absolute Gasteiger partial charge is 0.507 e.